The predicted molar refractivity (Wildman–Crippen MR) is 87.1 cm³/mol. The first-order valence-corrected chi connectivity index (χ1v) is 8.28. The molecule has 1 aliphatic heterocycles. The Bertz CT molecular complexity index is 575. The minimum Gasteiger partial charge on any atom is -0.342 e. The number of aromatic nitrogens is 1. The second-order valence-corrected chi connectivity index (χ2v) is 6.72. The first-order valence-electron chi connectivity index (χ1n) is 7.40. The van der Waals surface area contributed by atoms with Gasteiger partial charge in [0.2, 0.25) is 11.8 Å². The van der Waals surface area contributed by atoms with E-state index in [9.17, 15) is 14.4 Å². The van der Waals surface area contributed by atoms with Crippen LogP contribution < -0.4 is 16.0 Å². The van der Waals surface area contributed by atoms with Crippen LogP contribution in [0.25, 0.3) is 0 Å². The summed E-state index contributed by atoms with van der Waals surface area (Å²) >= 11 is 1.31. The number of amides is 4. The molecule has 2 heterocycles. The van der Waals surface area contributed by atoms with Crippen molar-refractivity contribution in [3.05, 3.63) is 11.6 Å². The fourth-order valence-corrected chi connectivity index (χ4v) is 2.84. The lowest BCUT2D eigenvalue weighted by molar-refractivity contribution is -0.129. The number of carbonyl (C=O) groups is 3. The second-order valence-electron chi connectivity index (χ2n) is 5.83. The summed E-state index contributed by atoms with van der Waals surface area (Å²) in [6, 6.07) is -1.57. The highest BCUT2D eigenvalue weighted by atomic mass is 32.1. The molecule has 4 amide bonds. The van der Waals surface area contributed by atoms with Gasteiger partial charge in [-0.2, -0.15) is 0 Å². The number of hydrogen-bond donors (Lipinski definition) is 3. The van der Waals surface area contributed by atoms with E-state index in [1.807, 2.05) is 13.8 Å². The van der Waals surface area contributed by atoms with Crippen molar-refractivity contribution in [2.75, 3.05) is 18.9 Å². The summed E-state index contributed by atoms with van der Waals surface area (Å²) < 4.78 is 0. The molecule has 1 fully saturated rings. The third kappa shape index (κ3) is 4.41. The number of rotatable bonds is 6. The minimum atomic E-state index is -0.671. The van der Waals surface area contributed by atoms with Gasteiger partial charge < -0.3 is 20.9 Å². The summed E-state index contributed by atoms with van der Waals surface area (Å²) in [7, 11) is 1.56. The number of hydrogen-bond acceptors (Lipinski definition) is 5. The van der Waals surface area contributed by atoms with Gasteiger partial charge in [0.05, 0.1) is 0 Å². The van der Waals surface area contributed by atoms with Gasteiger partial charge in [-0.25, -0.2) is 9.78 Å². The molecule has 0 aromatic carbocycles. The van der Waals surface area contributed by atoms with E-state index in [0.29, 0.717) is 11.6 Å². The maximum atomic E-state index is 12.4. The fourth-order valence-electron chi connectivity index (χ4n) is 2.30. The van der Waals surface area contributed by atoms with Crippen LogP contribution in [0.1, 0.15) is 20.3 Å². The molecule has 0 aliphatic carbocycles. The Morgan fingerprint density at radius 1 is 1.52 bits per heavy atom. The average molecular weight is 339 g/mol. The van der Waals surface area contributed by atoms with Crippen molar-refractivity contribution in [1.82, 2.24) is 20.5 Å². The zero-order valence-electron chi connectivity index (χ0n) is 13.3. The topological polar surface area (TPSA) is 103 Å². The Morgan fingerprint density at radius 2 is 2.26 bits per heavy atom. The lowest BCUT2D eigenvalue weighted by Crippen LogP contribution is -2.51. The van der Waals surface area contributed by atoms with Gasteiger partial charge >= 0.3 is 6.03 Å². The van der Waals surface area contributed by atoms with Crippen LogP contribution >= 0.6 is 11.3 Å². The Morgan fingerprint density at radius 3 is 2.78 bits per heavy atom. The van der Waals surface area contributed by atoms with E-state index >= 15 is 0 Å². The third-order valence-corrected chi connectivity index (χ3v) is 4.23. The quantitative estimate of drug-likeness (QED) is 0.707. The molecule has 0 saturated carbocycles. The Labute approximate surface area is 138 Å². The van der Waals surface area contributed by atoms with Gasteiger partial charge in [-0.3, -0.25) is 9.59 Å². The molecule has 2 rings (SSSR count). The monoisotopic (exact) mass is 339 g/mol. The van der Waals surface area contributed by atoms with Crippen molar-refractivity contribution in [1.29, 1.82) is 0 Å². The third-order valence-electron chi connectivity index (χ3n) is 3.54. The van der Waals surface area contributed by atoms with Crippen molar-refractivity contribution in [3.8, 4) is 0 Å². The lowest BCUT2D eigenvalue weighted by atomic mass is 10.0. The van der Waals surface area contributed by atoms with Gasteiger partial charge in [-0.15, -0.1) is 11.3 Å². The molecule has 3 N–H and O–H groups in total. The van der Waals surface area contributed by atoms with Crippen molar-refractivity contribution in [2.45, 2.75) is 32.4 Å². The van der Waals surface area contributed by atoms with E-state index in [1.54, 1.807) is 18.6 Å². The molecule has 126 valence electrons. The molecule has 23 heavy (non-hydrogen) atoms. The maximum Gasteiger partial charge on any atom is 0.317 e. The number of carbonyl (C=O) groups excluding carboxylic acids is 3. The van der Waals surface area contributed by atoms with Crippen LogP contribution in [0.5, 0.6) is 0 Å². The SMILES string of the molecule is CC(C)CC(NC(=O)C1CNC(=O)N1C)C(=O)Nc1nccs1. The molecule has 2 unspecified atom stereocenters. The average Bonchev–Trinajstić information content (AvgIpc) is 3.09. The van der Waals surface area contributed by atoms with Crippen molar-refractivity contribution >= 4 is 34.3 Å². The molecule has 0 radical (unpaired) electrons. The van der Waals surface area contributed by atoms with Crippen LogP contribution in [0.2, 0.25) is 0 Å². The largest absolute Gasteiger partial charge is 0.342 e. The summed E-state index contributed by atoms with van der Waals surface area (Å²) in [4.78, 5) is 41.5. The molecule has 0 bridgehead atoms. The zero-order chi connectivity index (χ0) is 17.0. The van der Waals surface area contributed by atoms with Crippen molar-refractivity contribution in [2.24, 2.45) is 5.92 Å². The first kappa shape index (κ1) is 17.2. The van der Waals surface area contributed by atoms with E-state index in [2.05, 4.69) is 20.9 Å². The van der Waals surface area contributed by atoms with Crippen molar-refractivity contribution < 1.29 is 14.4 Å². The molecule has 2 atom stereocenters. The van der Waals surface area contributed by atoms with Gasteiger partial charge in [0, 0.05) is 25.2 Å². The predicted octanol–water partition coefficient (Wildman–Crippen LogP) is 0.636. The normalized spacial score (nSPS) is 18.7. The number of thiazole rings is 1. The summed E-state index contributed by atoms with van der Waals surface area (Å²) in [6.07, 6.45) is 2.10. The summed E-state index contributed by atoms with van der Waals surface area (Å²) in [5.74, 6) is -0.420. The Balaban J connectivity index is 2.01. The summed E-state index contributed by atoms with van der Waals surface area (Å²) in [5.41, 5.74) is 0. The highest BCUT2D eigenvalue weighted by molar-refractivity contribution is 7.13. The maximum absolute atomic E-state index is 12.4. The van der Waals surface area contributed by atoms with E-state index in [4.69, 9.17) is 0 Å². The number of urea groups is 1. The zero-order valence-corrected chi connectivity index (χ0v) is 14.1. The van der Waals surface area contributed by atoms with Crippen LogP contribution in [0.4, 0.5) is 9.93 Å². The van der Waals surface area contributed by atoms with Crippen LogP contribution in [-0.2, 0) is 9.59 Å². The number of nitrogens with zero attached hydrogens (tertiary/aromatic N) is 2. The van der Waals surface area contributed by atoms with Gasteiger partial charge in [-0.1, -0.05) is 13.8 Å². The Kier molecular flexibility index (Phi) is 5.54. The molecule has 1 aromatic heterocycles. The highest BCUT2D eigenvalue weighted by Crippen LogP contribution is 2.13. The molecular weight excluding hydrogens is 318 g/mol. The second kappa shape index (κ2) is 7.40. The number of nitrogens with one attached hydrogen (secondary N) is 3. The van der Waals surface area contributed by atoms with Crippen LogP contribution in [0.15, 0.2) is 11.6 Å². The van der Waals surface area contributed by atoms with Crippen LogP contribution in [-0.4, -0.2) is 53.4 Å². The van der Waals surface area contributed by atoms with E-state index in [1.165, 1.54) is 16.2 Å². The highest BCUT2D eigenvalue weighted by Gasteiger charge is 2.35. The minimum absolute atomic E-state index is 0.225. The summed E-state index contributed by atoms with van der Waals surface area (Å²) in [5, 5.41) is 10.3. The molecule has 1 saturated heterocycles. The van der Waals surface area contributed by atoms with Gasteiger partial charge in [-0.05, 0) is 12.3 Å². The van der Waals surface area contributed by atoms with Gasteiger partial charge in [0.25, 0.3) is 0 Å². The van der Waals surface area contributed by atoms with E-state index in [0.717, 1.165) is 0 Å². The van der Waals surface area contributed by atoms with Gasteiger partial charge in [0.15, 0.2) is 5.13 Å². The standard InChI is InChI=1S/C14H21N5O3S/c1-8(2)6-9(11(20)18-13-15-4-5-23-13)17-12(21)10-7-16-14(22)19(10)3/h4-5,8-10H,6-7H2,1-3H3,(H,16,22)(H,17,21)(H,15,18,20). The molecule has 1 aliphatic rings. The molecule has 1 aromatic rings. The van der Waals surface area contributed by atoms with E-state index in [-0.39, 0.29) is 30.3 Å². The van der Waals surface area contributed by atoms with Crippen LogP contribution in [0.3, 0.4) is 0 Å². The summed E-state index contributed by atoms with van der Waals surface area (Å²) in [6.45, 7) is 4.19. The van der Waals surface area contributed by atoms with Crippen LogP contribution in [0, 0.1) is 5.92 Å². The molecule has 0 spiro atoms. The molecule has 9 heteroatoms. The first-order chi connectivity index (χ1) is 10.9. The lowest BCUT2D eigenvalue weighted by Gasteiger charge is -2.23. The number of likely N-dealkylation sites (N-methyl/N-ethyl adjacent to an activating group) is 1. The fraction of sp³-hybridized carbons (Fsp3) is 0.571. The molecule has 8 nitrogen and oxygen atoms in total. The van der Waals surface area contributed by atoms with E-state index < -0.39 is 12.1 Å². The Hall–Kier alpha value is -2.16. The molecular formula is C14H21N5O3S. The van der Waals surface area contributed by atoms with Crippen molar-refractivity contribution in [3.63, 3.8) is 0 Å². The smallest absolute Gasteiger partial charge is 0.317 e. The number of anilines is 1. The van der Waals surface area contributed by atoms with Gasteiger partial charge in [0.1, 0.15) is 12.1 Å².